The number of carboxylic acids is 1. The minimum Gasteiger partial charge on any atom is -0.477 e. The van der Waals surface area contributed by atoms with Gasteiger partial charge in [-0.2, -0.15) is 0 Å². The summed E-state index contributed by atoms with van der Waals surface area (Å²) in [7, 11) is 0. The Morgan fingerprint density at radius 2 is 2.29 bits per heavy atom. The summed E-state index contributed by atoms with van der Waals surface area (Å²) in [6.45, 7) is 1.85. The lowest BCUT2D eigenvalue weighted by molar-refractivity contribution is 0.0693. The molecule has 14 heavy (non-hydrogen) atoms. The Balaban J connectivity index is 3.07. The number of carboxylic acid groups (broad SMARTS) is 1. The smallest absolute Gasteiger partial charge is 0.341 e. The summed E-state index contributed by atoms with van der Waals surface area (Å²) in [6.07, 6.45) is 2.08. The zero-order valence-corrected chi connectivity index (χ0v) is 7.67. The van der Waals surface area contributed by atoms with E-state index in [4.69, 9.17) is 10.2 Å². The van der Waals surface area contributed by atoms with E-state index in [1.165, 1.54) is 23.0 Å². The van der Waals surface area contributed by atoms with Crippen LogP contribution in [0, 0.1) is 0 Å². The molecule has 1 aromatic heterocycles. The summed E-state index contributed by atoms with van der Waals surface area (Å²) in [5.41, 5.74) is -0.813. The van der Waals surface area contributed by atoms with Gasteiger partial charge in [-0.25, -0.2) is 4.79 Å². The third kappa shape index (κ3) is 2.43. The highest BCUT2D eigenvalue weighted by molar-refractivity contribution is 5.86. The quantitative estimate of drug-likeness (QED) is 0.710. The summed E-state index contributed by atoms with van der Waals surface area (Å²) >= 11 is 0. The molecule has 0 saturated carbocycles. The molecule has 1 atom stereocenters. The molecule has 0 bridgehead atoms. The van der Waals surface area contributed by atoms with Crippen LogP contribution >= 0.6 is 0 Å². The van der Waals surface area contributed by atoms with Gasteiger partial charge in [0.15, 0.2) is 5.43 Å². The molecule has 0 fully saturated rings. The van der Waals surface area contributed by atoms with E-state index in [0.717, 1.165) is 0 Å². The van der Waals surface area contributed by atoms with Crippen LogP contribution in [0.3, 0.4) is 0 Å². The molecule has 1 rings (SSSR count). The zero-order valence-electron chi connectivity index (χ0n) is 7.67. The van der Waals surface area contributed by atoms with Crippen molar-refractivity contribution >= 4 is 5.97 Å². The fourth-order valence-electron chi connectivity index (χ4n) is 1.10. The predicted octanol–water partition coefficient (Wildman–Crippen LogP) is -0.0727. The number of aromatic nitrogens is 1. The van der Waals surface area contributed by atoms with Crippen LogP contribution in [0.15, 0.2) is 23.3 Å². The summed E-state index contributed by atoms with van der Waals surface area (Å²) in [6, 6.07) is 1.17. The van der Waals surface area contributed by atoms with Gasteiger partial charge in [-0.05, 0) is 6.92 Å². The van der Waals surface area contributed by atoms with Crippen LogP contribution < -0.4 is 5.43 Å². The Morgan fingerprint density at radius 3 is 2.79 bits per heavy atom. The molecule has 0 aliphatic heterocycles. The average Bonchev–Trinajstić information content (AvgIpc) is 2.07. The molecular weight excluding hydrogens is 186 g/mol. The number of aliphatic hydroxyl groups is 1. The predicted molar refractivity (Wildman–Crippen MR) is 49.3 cm³/mol. The lowest BCUT2D eigenvalue weighted by Gasteiger charge is -2.08. The molecule has 5 nitrogen and oxygen atoms in total. The monoisotopic (exact) mass is 197 g/mol. The van der Waals surface area contributed by atoms with E-state index >= 15 is 0 Å². The van der Waals surface area contributed by atoms with E-state index in [0.29, 0.717) is 0 Å². The molecule has 1 aromatic rings. The third-order valence-electron chi connectivity index (χ3n) is 1.68. The number of hydrogen-bond donors (Lipinski definition) is 2. The van der Waals surface area contributed by atoms with E-state index in [1.54, 1.807) is 6.92 Å². The Bertz CT molecular complexity index is 394. The number of pyridine rings is 1. The van der Waals surface area contributed by atoms with E-state index in [9.17, 15) is 9.59 Å². The van der Waals surface area contributed by atoms with Crippen LogP contribution in [0.2, 0.25) is 0 Å². The SMILES string of the molecule is CC(O)Cn1ccc(=O)c(C(=O)O)c1. The van der Waals surface area contributed by atoms with Crippen molar-refractivity contribution in [2.24, 2.45) is 0 Å². The Kier molecular flexibility index (Phi) is 3.03. The first-order chi connectivity index (χ1) is 6.50. The molecular formula is C9H11NO4. The number of rotatable bonds is 3. The second kappa shape index (κ2) is 4.06. The lowest BCUT2D eigenvalue weighted by Crippen LogP contribution is -2.19. The largest absolute Gasteiger partial charge is 0.477 e. The molecule has 76 valence electrons. The molecule has 0 aliphatic rings. The van der Waals surface area contributed by atoms with E-state index in [-0.39, 0.29) is 12.1 Å². The Labute approximate surface area is 80.2 Å². The normalized spacial score (nSPS) is 12.4. The molecule has 5 heteroatoms. The molecule has 0 aliphatic carbocycles. The lowest BCUT2D eigenvalue weighted by atomic mass is 10.2. The van der Waals surface area contributed by atoms with Gasteiger partial charge in [0.1, 0.15) is 5.56 Å². The first kappa shape index (κ1) is 10.5. The molecule has 0 amide bonds. The van der Waals surface area contributed by atoms with Gasteiger partial charge in [-0.15, -0.1) is 0 Å². The topological polar surface area (TPSA) is 79.5 Å². The fourth-order valence-corrected chi connectivity index (χ4v) is 1.10. The highest BCUT2D eigenvalue weighted by Gasteiger charge is 2.08. The van der Waals surface area contributed by atoms with E-state index in [1.807, 2.05) is 0 Å². The number of nitrogens with zero attached hydrogens (tertiary/aromatic N) is 1. The first-order valence-corrected chi connectivity index (χ1v) is 4.12. The summed E-state index contributed by atoms with van der Waals surface area (Å²) in [4.78, 5) is 21.6. The van der Waals surface area contributed by atoms with Crippen molar-refractivity contribution in [1.29, 1.82) is 0 Å². The minimum atomic E-state index is -1.25. The van der Waals surface area contributed by atoms with Crippen molar-refractivity contribution in [1.82, 2.24) is 4.57 Å². The fraction of sp³-hybridized carbons (Fsp3) is 0.333. The van der Waals surface area contributed by atoms with Crippen LogP contribution in [0.1, 0.15) is 17.3 Å². The molecule has 1 unspecified atom stereocenters. The molecule has 0 radical (unpaired) electrons. The van der Waals surface area contributed by atoms with Crippen LogP contribution in [0.25, 0.3) is 0 Å². The maximum Gasteiger partial charge on any atom is 0.341 e. The van der Waals surface area contributed by atoms with Gasteiger partial charge in [0.05, 0.1) is 6.10 Å². The van der Waals surface area contributed by atoms with Crippen LogP contribution in [0.5, 0.6) is 0 Å². The highest BCUT2D eigenvalue weighted by atomic mass is 16.4. The number of aliphatic hydroxyl groups excluding tert-OH is 1. The number of aromatic carboxylic acids is 1. The molecule has 0 spiro atoms. The van der Waals surface area contributed by atoms with Gasteiger partial charge < -0.3 is 14.8 Å². The van der Waals surface area contributed by atoms with Gasteiger partial charge in [0.25, 0.3) is 0 Å². The van der Waals surface area contributed by atoms with E-state index in [2.05, 4.69) is 0 Å². The van der Waals surface area contributed by atoms with Gasteiger partial charge in [-0.3, -0.25) is 4.79 Å². The number of carbonyl (C=O) groups is 1. The van der Waals surface area contributed by atoms with Gasteiger partial charge >= 0.3 is 5.97 Å². The zero-order chi connectivity index (χ0) is 10.7. The second-order valence-corrected chi connectivity index (χ2v) is 3.07. The highest BCUT2D eigenvalue weighted by Crippen LogP contribution is 1.95. The maximum absolute atomic E-state index is 11.0. The van der Waals surface area contributed by atoms with E-state index < -0.39 is 17.5 Å². The second-order valence-electron chi connectivity index (χ2n) is 3.07. The Hall–Kier alpha value is -1.62. The summed E-state index contributed by atoms with van der Waals surface area (Å²) in [5, 5.41) is 17.7. The van der Waals surface area contributed by atoms with Crippen LogP contribution in [-0.4, -0.2) is 26.9 Å². The van der Waals surface area contributed by atoms with Crippen molar-refractivity contribution in [2.75, 3.05) is 0 Å². The first-order valence-electron chi connectivity index (χ1n) is 4.12. The molecule has 0 aromatic carbocycles. The average molecular weight is 197 g/mol. The van der Waals surface area contributed by atoms with Crippen molar-refractivity contribution in [3.05, 3.63) is 34.2 Å². The summed E-state index contributed by atoms with van der Waals surface area (Å²) in [5.74, 6) is -1.25. The summed E-state index contributed by atoms with van der Waals surface area (Å²) < 4.78 is 1.47. The minimum absolute atomic E-state index is 0.264. The van der Waals surface area contributed by atoms with Gasteiger partial charge in [0, 0.05) is 25.0 Å². The molecule has 1 heterocycles. The third-order valence-corrected chi connectivity index (χ3v) is 1.68. The Morgan fingerprint density at radius 1 is 1.64 bits per heavy atom. The van der Waals surface area contributed by atoms with Gasteiger partial charge in [0.2, 0.25) is 0 Å². The van der Waals surface area contributed by atoms with Crippen molar-refractivity contribution < 1.29 is 15.0 Å². The van der Waals surface area contributed by atoms with Crippen LogP contribution in [0.4, 0.5) is 0 Å². The van der Waals surface area contributed by atoms with Crippen LogP contribution in [-0.2, 0) is 6.54 Å². The number of hydrogen-bond acceptors (Lipinski definition) is 3. The maximum atomic E-state index is 11.0. The molecule has 0 saturated heterocycles. The van der Waals surface area contributed by atoms with Gasteiger partial charge in [-0.1, -0.05) is 0 Å². The molecule has 2 N–H and O–H groups in total. The van der Waals surface area contributed by atoms with Crippen molar-refractivity contribution in [3.63, 3.8) is 0 Å². The standard InChI is InChI=1S/C9H11NO4/c1-6(11)4-10-3-2-8(12)7(5-10)9(13)14/h2-3,5-6,11H,4H2,1H3,(H,13,14). The van der Waals surface area contributed by atoms with Crippen molar-refractivity contribution in [3.8, 4) is 0 Å². The van der Waals surface area contributed by atoms with Crippen molar-refractivity contribution in [2.45, 2.75) is 19.6 Å².